The molecule has 0 aromatic rings. The Labute approximate surface area is 85.3 Å². The van der Waals surface area contributed by atoms with E-state index in [1.54, 1.807) is 0 Å². The Balaban J connectivity index is 0. The first-order valence-electron chi connectivity index (χ1n) is 3.58. The predicted molar refractivity (Wildman–Crippen MR) is 67.9 cm³/mol. The minimum absolute atomic E-state index is 0. The molecule has 0 spiro atoms. The molecule has 61 valence electrons. The maximum absolute atomic E-state index is 2.65. The van der Waals surface area contributed by atoms with Gasteiger partial charge < -0.3 is 0 Å². The Bertz CT molecular complexity index is 80.9. The lowest BCUT2D eigenvalue weighted by molar-refractivity contribution is 1.82. The third kappa shape index (κ3) is 12.0. The molecule has 0 nitrogen and oxygen atoms in total. The van der Waals surface area contributed by atoms with E-state index in [1.165, 1.54) is 0 Å². The Morgan fingerprint density at radius 3 is 0.900 bits per heavy atom. The summed E-state index contributed by atoms with van der Waals surface area (Å²) in [5.41, 5.74) is 0. The van der Waals surface area contributed by atoms with Crippen molar-refractivity contribution in [3.63, 3.8) is 0 Å². The minimum atomic E-state index is -0.856. The summed E-state index contributed by atoms with van der Waals surface area (Å²) in [5, 5.41) is 0. The van der Waals surface area contributed by atoms with E-state index in [4.69, 9.17) is 0 Å². The van der Waals surface area contributed by atoms with Crippen molar-refractivity contribution < 1.29 is 0 Å². The van der Waals surface area contributed by atoms with Crippen LogP contribution in [-0.4, -0.2) is 22.4 Å². The van der Waals surface area contributed by atoms with E-state index in [0.29, 0.717) is 0 Å². The van der Waals surface area contributed by atoms with Crippen LogP contribution >= 0.6 is 24.0 Å². The summed E-state index contributed by atoms with van der Waals surface area (Å²) in [5.74, 6) is 0. The largest absolute Gasteiger partial charge is 0.107 e. The molecule has 1 radical (unpaired) electrons. The van der Waals surface area contributed by atoms with Crippen molar-refractivity contribution in [2.24, 2.45) is 0 Å². The maximum Gasteiger partial charge on any atom is 0.0968 e. The van der Waals surface area contributed by atoms with Crippen molar-refractivity contribution in [2.45, 2.75) is 39.3 Å². The fourth-order valence-corrected chi connectivity index (χ4v) is 11.7. The third-order valence-electron chi connectivity index (χ3n) is 0.866. The number of hydrogen-bond donors (Lipinski definition) is 0. The fraction of sp³-hybridized carbons (Fsp3) is 1.00. The van der Waals surface area contributed by atoms with Crippen molar-refractivity contribution in [3.8, 4) is 0 Å². The Morgan fingerprint density at radius 2 is 0.900 bits per heavy atom. The number of rotatable bonds is 2. The molecule has 0 rings (SSSR count). The highest BCUT2D eigenvalue weighted by molar-refractivity contribution is 14.0. The quantitative estimate of drug-likeness (QED) is 0.540. The van der Waals surface area contributed by atoms with Crippen LogP contribution in [0.2, 0.25) is 39.3 Å². The van der Waals surface area contributed by atoms with Gasteiger partial charge in [-0.2, -0.15) is 0 Å². The van der Waals surface area contributed by atoms with Gasteiger partial charge in [-0.15, -0.1) is 24.0 Å². The van der Waals surface area contributed by atoms with Crippen molar-refractivity contribution in [3.05, 3.63) is 0 Å². The summed E-state index contributed by atoms with van der Waals surface area (Å²) in [6.45, 7) is 17.1. The van der Waals surface area contributed by atoms with Gasteiger partial charge in [0.15, 0.2) is 0 Å². The molecule has 0 amide bonds. The Kier molecular flexibility index (Phi) is 5.94. The van der Waals surface area contributed by atoms with Crippen LogP contribution in [0.15, 0.2) is 0 Å². The third-order valence-corrected chi connectivity index (χ3v) is 7.79. The highest BCUT2D eigenvalue weighted by atomic mass is 127. The second-order valence-corrected chi connectivity index (χ2v) is 15.5. The van der Waals surface area contributed by atoms with Crippen LogP contribution in [-0.2, 0) is 0 Å². The van der Waals surface area contributed by atoms with Crippen LogP contribution in [0.3, 0.4) is 0 Å². The molecule has 0 N–H and O–H groups in total. The van der Waals surface area contributed by atoms with Gasteiger partial charge in [-0.1, -0.05) is 39.3 Å². The van der Waals surface area contributed by atoms with Crippen molar-refractivity contribution in [2.75, 3.05) is 0 Å². The van der Waals surface area contributed by atoms with Crippen LogP contribution < -0.4 is 0 Å². The summed E-state index contributed by atoms with van der Waals surface area (Å²) in [6, 6.07) is 0. The molecular formula is C6H19BISi2. The summed E-state index contributed by atoms with van der Waals surface area (Å²) < 4.78 is 0. The van der Waals surface area contributed by atoms with E-state index in [-0.39, 0.29) is 24.0 Å². The zero-order valence-corrected chi connectivity index (χ0v) is 12.3. The van der Waals surface area contributed by atoms with Gasteiger partial charge in [-0.25, -0.2) is 0 Å². The lowest BCUT2D eigenvalue weighted by atomic mass is 10.7. The highest BCUT2D eigenvalue weighted by Gasteiger charge is 2.24. The molecule has 0 bridgehead atoms. The first-order chi connectivity index (χ1) is 3.71. The van der Waals surface area contributed by atoms with E-state index in [0.717, 1.165) is 0 Å². The minimum Gasteiger partial charge on any atom is -0.107 e. The van der Waals surface area contributed by atoms with Gasteiger partial charge in [0.2, 0.25) is 0 Å². The SMILES string of the molecule is C[Si](C)(C)[B][Si](C)(C)C.I. The number of hydrogen-bond acceptors (Lipinski definition) is 0. The normalized spacial score (nSPS) is 12.2. The topological polar surface area (TPSA) is 0 Å². The van der Waals surface area contributed by atoms with E-state index < -0.39 is 15.9 Å². The van der Waals surface area contributed by atoms with Gasteiger partial charge >= 0.3 is 0 Å². The Morgan fingerprint density at radius 1 is 0.700 bits per heavy atom. The average Bonchev–Trinajstić information content (AvgIpc) is 1.14. The molecular weight excluding hydrogens is 266 g/mol. The molecule has 0 fully saturated rings. The number of halogens is 1. The summed E-state index contributed by atoms with van der Waals surface area (Å²) >= 11 is 0. The standard InChI is InChI=1S/C6H18BSi2.HI/c1-8(2,3)7-9(4,5)6;/h1-6H3;1H. The monoisotopic (exact) mass is 285 g/mol. The average molecular weight is 285 g/mol. The van der Waals surface area contributed by atoms with E-state index in [2.05, 4.69) is 45.7 Å². The molecule has 0 unspecified atom stereocenters. The van der Waals surface area contributed by atoms with Crippen LogP contribution in [0.4, 0.5) is 0 Å². The molecule has 0 atom stereocenters. The highest BCUT2D eigenvalue weighted by Crippen LogP contribution is 2.07. The molecule has 0 aliphatic carbocycles. The molecule has 4 heteroatoms. The van der Waals surface area contributed by atoms with Gasteiger partial charge in [-0.05, 0) is 0 Å². The lowest BCUT2D eigenvalue weighted by Gasteiger charge is -2.24. The maximum atomic E-state index is 2.65. The second-order valence-electron chi connectivity index (χ2n) is 4.88. The Hall–Kier alpha value is 1.23. The zero-order chi connectivity index (χ0) is 7.71. The van der Waals surface area contributed by atoms with E-state index in [9.17, 15) is 0 Å². The van der Waals surface area contributed by atoms with E-state index >= 15 is 0 Å². The molecule has 0 saturated carbocycles. The molecule has 0 aromatic heterocycles. The molecule has 0 aliphatic rings. The summed E-state index contributed by atoms with van der Waals surface area (Å²) in [4.78, 5) is 0. The second kappa shape index (κ2) is 4.30. The smallest absolute Gasteiger partial charge is 0.0968 e. The van der Waals surface area contributed by atoms with Crippen molar-refractivity contribution in [1.82, 2.24) is 0 Å². The van der Waals surface area contributed by atoms with Gasteiger partial charge in [0, 0.05) is 15.9 Å². The lowest BCUT2D eigenvalue weighted by Crippen LogP contribution is -2.46. The van der Waals surface area contributed by atoms with Crippen molar-refractivity contribution >= 4 is 46.3 Å². The van der Waals surface area contributed by atoms with Crippen LogP contribution in [0.25, 0.3) is 0 Å². The van der Waals surface area contributed by atoms with Crippen LogP contribution in [0.5, 0.6) is 0 Å². The van der Waals surface area contributed by atoms with Crippen LogP contribution in [0.1, 0.15) is 0 Å². The molecule has 10 heavy (non-hydrogen) atoms. The van der Waals surface area contributed by atoms with Gasteiger partial charge in [0.25, 0.3) is 0 Å². The molecule has 0 aliphatic heterocycles. The summed E-state index contributed by atoms with van der Waals surface area (Å²) in [7, 11) is -1.71. The predicted octanol–water partition coefficient (Wildman–Crippen LogP) is 2.98. The van der Waals surface area contributed by atoms with Gasteiger partial charge in [-0.3, -0.25) is 0 Å². The van der Waals surface area contributed by atoms with Gasteiger partial charge in [0.05, 0.1) is 6.46 Å². The first-order valence-corrected chi connectivity index (χ1v) is 10.7. The molecule has 0 aromatic carbocycles. The first kappa shape index (κ1) is 13.8. The molecule has 0 saturated heterocycles. The van der Waals surface area contributed by atoms with Crippen LogP contribution in [0, 0.1) is 0 Å². The zero-order valence-electron chi connectivity index (χ0n) is 7.99. The summed E-state index contributed by atoms with van der Waals surface area (Å²) in [6.07, 6.45) is 0. The van der Waals surface area contributed by atoms with Gasteiger partial charge in [0.1, 0.15) is 0 Å². The fourth-order valence-electron chi connectivity index (χ4n) is 1.30. The molecule has 0 heterocycles. The van der Waals surface area contributed by atoms with Crippen molar-refractivity contribution in [1.29, 1.82) is 0 Å². The van der Waals surface area contributed by atoms with E-state index in [1.807, 2.05) is 0 Å².